The second-order valence-corrected chi connectivity index (χ2v) is 8.58. The lowest BCUT2D eigenvalue weighted by Crippen LogP contribution is -2.41. The van der Waals surface area contributed by atoms with Gasteiger partial charge in [-0.1, -0.05) is 45.3 Å². The van der Waals surface area contributed by atoms with Crippen molar-refractivity contribution in [2.45, 2.75) is 32.7 Å². The van der Waals surface area contributed by atoms with Crippen LogP contribution in [0, 0.1) is 19.8 Å². The van der Waals surface area contributed by atoms with Crippen molar-refractivity contribution in [2.75, 3.05) is 27.3 Å². The summed E-state index contributed by atoms with van der Waals surface area (Å²) in [6.45, 7) is 5.55. The standard InChI is InChI=1S/C23H28BrNO4/c1-14-8-15(2)10-17(9-14)22(25-7-5-6-16(13-25)23(26)27)18-11-20(28-3)21(29-4)12-19(18)24/h8-12,16,22H,5-7,13H2,1-4H3,(H,26,27). The fraction of sp³-hybridized carbons (Fsp3) is 0.435. The van der Waals surface area contributed by atoms with Crippen molar-refractivity contribution in [3.8, 4) is 11.5 Å². The first kappa shape index (κ1) is 21.7. The molecule has 3 rings (SSSR count). The SMILES string of the molecule is COc1cc(Br)c(C(c2cc(C)cc(C)c2)N2CCCC(C(=O)O)C2)cc1OC. The second kappa shape index (κ2) is 9.18. The van der Waals surface area contributed by atoms with Crippen molar-refractivity contribution in [3.63, 3.8) is 0 Å². The van der Waals surface area contributed by atoms with Crippen molar-refractivity contribution in [3.05, 3.63) is 57.1 Å². The van der Waals surface area contributed by atoms with Gasteiger partial charge in [0.25, 0.3) is 0 Å². The lowest BCUT2D eigenvalue weighted by Gasteiger charge is -2.38. The van der Waals surface area contributed by atoms with Gasteiger partial charge in [0.1, 0.15) is 0 Å². The van der Waals surface area contributed by atoms with E-state index in [4.69, 9.17) is 9.47 Å². The van der Waals surface area contributed by atoms with Crippen LogP contribution in [-0.2, 0) is 4.79 Å². The number of halogens is 1. The Hall–Kier alpha value is -2.05. The van der Waals surface area contributed by atoms with E-state index in [1.165, 1.54) is 11.1 Å². The van der Waals surface area contributed by atoms with Crippen LogP contribution in [0.1, 0.15) is 41.1 Å². The molecule has 0 radical (unpaired) electrons. The van der Waals surface area contributed by atoms with Crippen molar-refractivity contribution < 1.29 is 19.4 Å². The first-order valence-electron chi connectivity index (χ1n) is 9.80. The number of nitrogens with zero attached hydrogens (tertiary/aromatic N) is 1. The zero-order valence-electron chi connectivity index (χ0n) is 17.4. The number of hydrogen-bond acceptors (Lipinski definition) is 4. The van der Waals surface area contributed by atoms with Crippen LogP contribution >= 0.6 is 15.9 Å². The first-order chi connectivity index (χ1) is 13.8. The summed E-state index contributed by atoms with van der Waals surface area (Å²) in [6, 6.07) is 10.4. The van der Waals surface area contributed by atoms with E-state index in [9.17, 15) is 9.90 Å². The quantitative estimate of drug-likeness (QED) is 0.657. The summed E-state index contributed by atoms with van der Waals surface area (Å²) in [6.07, 6.45) is 1.58. The van der Waals surface area contributed by atoms with Gasteiger partial charge in [0, 0.05) is 11.0 Å². The minimum absolute atomic E-state index is 0.0788. The number of likely N-dealkylation sites (tertiary alicyclic amines) is 1. The molecule has 0 spiro atoms. The van der Waals surface area contributed by atoms with E-state index in [-0.39, 0.29) is 12.0 Å². The fourth-order valence-electron chi connectivity index (χ4n) is 4.28. The molecule has 2 atom stereocenters. The van der Waals surface area contributed by atoms with E-state index in [0.29, 0.717) is 18.0 Å². The summed E-state index contributed by atoms with van der Waals surface area (Å²) in [4.78, 5) is 14.0. The Bertz CT molecular complexity index is 878. The maximum absolute atomic E-state index is 11.7. The third kappa shape index (κ3) is 4.75. The van der Waals surface area contributed by atoms with E-state index >= 15 is 0 Å². The molecule has 2 aromatic carbocycles. The molecule has 0 saturated carbocycles. The summed E-state index contributed by atoms with van der Waals surface area (Å²) >= 11 is 3.72. The minimum Gasteiger partial charge on any atom is -0.493 e. The number of rotatable bonds is 6. The lowest BCUT2D eigenvalue weighted by molar-refractivity contribution is -0.143. The molecule has 1 saturated heterocycles. The normalized spacial score (nSPS) is 18.3. The number of carboxylic acid groups (broad SMARTS) is 1. The molecule has 29 heavy (non-hydrogen) atoms. The molecule has 5 nitrogen and oxygen atoms in total. The highest BCUT2D eigenvalue weighted by atomic mass is 79.9. The number of carboxylic acids is 1. The molecule has 2 aromatic rings. The van der Waals surface area contributed by atoms with Gasteiger partial charge in [0.15, 0.2) is 11.5 Å². The smallest absolute Gasteiger partial charge is 0.307 e. The first-order valence-corrected chi connectivity index (χ1v) is 10.6. The molecular formula is C23H28BrNO4. The Labute approximate surface area is 180 Å². The molecule has 1 aliphatic heterocycles. The van der Waals surface area contributed by atoms with Gasteiger partial charge in [0.05, 0.1) is 26.2 Å². The zero-order chi connectivity index (χ0) is 21.1. The molecule has 2 unspecified atom stereocenters. The largest absolute Gasteiger partial charge is 0.493 e. The summed E-state index contributed by atoms with van der Waals surface area (Å²) in [5.74, 6) is 0.243. The molecule has 156 valence electrons. The summed E-state index contributed by atoms with van der Waals surface area (Å²) in [7, 11) is 3.25. The summed E-state index contributed by atoms with van der Waals surface area (Å²) in [5.41, 5.74) is 4.57. The predicted molar refractivity (Wildman–Crippen MR) is 117 cm³/mol. The summed E-state index contributed by atoms with van der Waals surface area (Å²) in [5, 5.41) is 9.60. The third-order valence-corrected chi connectivity index (χ3v) is 6.21. The topological polar surface area (TPSA) is 59.0 Å². The highest BCUT2D eigenvalue weighted by molar-refractivity contribution is 9.10. The number of benzene rings is 2. The van der Waals surface area contributed by atoms with E-state index in [1.54, 1.807) is 14.2 Å². The Morgan fingerprint density at radius 1 is 1.10 bits per heavy atom. The van der Waals surface area contributed by atoms with Crippen molar-refractivity contribution in [2.24, 2.45) is 5.92 Å². The van der Waals surface area contributed by atoms with Gasteiger partial charge in [-0.25, -0.2) is 0 Å². The Morgan fingerprint density at radius 2 is 1.72 bits per heavy atom. The van der Waals surface area contributed by atoms with Gasteiger partial charge in [-0.15, -0.1) is 0 Å². The fourth-order valence-corrected chi connectivity index (χ4v) is 4.82. The Balaban J connectivity index is 2.14. The minimum atomic E-state index is -0.722. The second-order valence-electron chi connectivity index (χ2n) is 7.72. The van der Waals surface area contributed by atoms with Gasteiger partial charge in [-0.2, -0.15) is 0 Å². The van der Waals surface area contributed by atoms with Crippen LogP contribution in [0.15, 0.2) is 34.8 Å². The van der Waals surface area contributed by atoms with Crippen molar-refractivity contribution in [1.82, 2.24) is 4.90 Å². The molecule has 0 aliphatic carbocycles. The van der Waals surface area contributed by atoms with E-state index in [1.807, 2.05) is 12.1 Å². The Kier molecular flexibility index (Phi) is 6.85. The monoisotopic (exact) mass is 461 g/mol. The van der Waals surface area contributed by atoms with Crippen LogP contribution in [0.5, 0.6) is 11.5 Å². The average Bonchev–Trinajstić information content (AvgIpc) is 2.68. The number of aliphatic carboxylic acids is 1. The Morgan fingerprint density at radius 3 is 2.31 bits per heavy atom. The number of piperidine rings is 1. The third-order valence-electron chi connectivity index (χ3n) is 5.52. The van der Waals surface area contributed by atoms with Crippen LogP contribution in [0.25, 0.3) is 0 Å². The maximum atomic E-state index is 11.7. The highest BCUT2D eigenvalue weighted by Crippen LogP contribution is 2.42. The molecule has 1 aliphatic rings. The van der Waals surface area contributed by atoms with E-state index < -0.39 is 5.97 Å². The lowest BCUT2D eigenvalue weighted by atomic mass is 9.90. The molecule has 6 heteroatoms. The molecule has 0 amide bonds. The van der Waals surface area contributed by atoms with Gasteiger partial charge in [0.2, 0.25) is 0 Å². The van der Waals surface area contributed by atoms with Crippen molar-refractivity contribution in [1.29, 1.82) is 0 Å². The van der Waals surface area contributed by atoms with Crippen LogP contribution in [0.3, 0.4) is 0 Å². The zero-order valence-corrected chi connectivity index (χ0v) is 19.0. The predicted octanol–water partition coefficient (Wildman–Crippen LogP) is 4.97. The maximum Gasteiger partial charge on any atom is 0.307 e. The van der Waals surface area contributed by atoms with E-state index in [0.717, 1.165) is 35.0 Å². The number of methoxy groups -OCH3 is 2. The van der Waals surface area contributed by atoms with Crippen LogP contribution in [0.2, 0.25) is 0 Å². The van der Waals surface area contributed by atoms with Crippen LogP contribution in [0.4, 0.5) is 0 Å². The van der Waals surface area contributed by atoms with Gasteiger partial charge >= 0.3 is 5.97 Å². The van der Waals surface area contributed by atoms with Crippen LogP contribution in [-0.4, -0.2) is 43.3 Å². The molecular weight excluding hydrogens is 434 g/mol. The molecule has 1 N–H and O–H groups in total. The van der Waals surface area contributed by atoms with Gasteiger partial charge < -0.3 is 14.6 Å². The molecule has 0 aromatic heterocycles. The molecule has 1 fully saturated rings. The molecule has 0 bridgehead atoms. The number of ether oxygens (including phenoxy) is 2. The highest BCUT2D eigenvalue weighted by Gasteiger charge is 2.33. The summed E-state index contributed by atoms with van der Waals surface area (Å²) < 4.78 is 11.9. The average molecular weight is 462 g/mol. The molecule has 1 heterocycles. The van der Waals surface area contributed by atoms with Crippen LogP contribution < -0.4 is 9.47 Å². The van der Waals surface area contributed by atoms with Gasteiger partial charge in [-0.3, -0.25) is 9.69 Å². The number of carbonyl (C=O) groups is 1. The van der Waals surface area contributed by atoms with E-state index in [2.05, 4.69) is 52.9 Å². The van der Waals surface area contributed by atoms with Gasteiger partial charge in [-0.05, 0) is 56.5 Å². The van der Waals surface area contributed by atoms with Crippen molar-refractivity contribution >= 4 is 21.9 Å². The number of aryl methyl sites for hydroxylation is 2. The number of hydrogen-bond donors (Lipinski definition) is 1.